The number of rotatable bonds is 6. The van der Waals surface area contributed by atoms with Gasteiger partial charge < -0.3 is 14.8 Å². The molecule has 32 heavy (non-hydrogen) atoms. The molecule has 160 valence electrons. The molecule has 3 aromatic carbocycles. The van der Waals surface area contributed by atoms with Crippen LogP contribution in [-0.4, -0.2) is 17.8 Å². The number of benzene rings is 3. The molecule has 1 aliphatic heterocycles. The topological polar surface area (TPSA) is 77.0 Å². The zero-order valence-electron chi connectivity index (χ0n) is 17.2. The summed E-state index contributed by atoms with van der Waals surface area (Å²) < 4.78 is 24.2. The Morgan fingerprint density at radius 2 is 1.84 bits per heavy atom. The maximum atomic E-state index is 13.2. The minimum absolute atomic E-state index is 0.169. The Balaban J connectivity index is 1.43. The van der Waals surface area contributed by atoms with Gasteiger partial charge in [0.2, 0.25) is 11.8 Å². The highest BCUT2D eigenvalue weighted by molar-refractivity contribution is 6.13. The van der Waals surface area contributed by atoms with Gasteiger partial charge in [-0.05, 0) is 65.7 Å². The predicted octanol–water partition coefficient (Wildman–Crippen LogP) is 4.71. The number of anilines is 1. The Morgan fingerprint density at radius 1 is 1.09 bits per heavy atom. The second-order valence-corrected chi connectivity index (χ2v) is 7.08. The van der Waals surface area contributed by atoms with Crippen LogP contribution in [-0.2, 0) is 20.9 Å². The average molecular weight is 430 g/mol. The lowest BCUT2D eigenvalue weighted by Crippen LogP contribution is -2.07. The smallest absolute Gasteiger partial charge is 0.363 e. The third-order valence-corrected chi connectivity index (χ3v) is 4.55. The molecule has 0 unspecified atom stereocenters. The van der Waals surface area contributed by atoms with Gasteiger partial charge in [-0.15, -0.1) is 0 Å². The van der Waals surface area contributed by atoms with Gasteiger partial charge in [-0.2, -0.15) is 0 Å². The molecule has 7 heteroatoms. The third kappa shape index (κ3) is 5.26. The molecule has 0 fully saturated rings. The molecular formula is C25H19FN2O4. The van der Waals surface area contributed by atoms with Crippen molar-refractivity contribution in [3.63, 3.8) is 0 Å². The van der Waals surface area contributed by atoms with E-state index in [9.17, 15) is 14.0 Å². The van der Waals surface area contributed by atoms with Gasteiger partial charge in [-0.1, -0.05) is 24.3 Å². The first-order valence-electron chi connectivity index (χ1n) is 9.84. The van der Waals surface area contributed by atoms with Gasteiger partial charge in [-0.3, -0.25) is 4.79 Å². The number of hydrogen-bond acceptors (Lipinski definition) is 5. The molecule has 3 aromatic rings. The average Bonchev–Trinajstić information content (AvgIpc) is 3.13. The first-order chi connectivity index (χ1) is 15.5. The van der Waals surface area contributed by atoms with Gasteiger partial charge in [-0.25, -0.2) is 14.2 Å². The molecule has 0 aliphatic carbocycles. The van der Waals surface area contributed by atoms with E-state index in [0.717, 1.165) is 11.1 Å². The van der Waals surface area contributed by atoms with Gasteiger partial charge >= 0.3 is 5.97 Å². The summed E-state index contributed by atoms with van der Waals surface area (Å²) in [5.74, 6) is -0.199. The van der Waals surface area contributed by atoms with Gasteiger partial charge in [0.15, 0.2) is 5.70 Å². The summed E-state index contributed by atoms with van der Waals surface area (Å²) in [5.41, 5.74) is 2.93. The maximum Gasteiger partial charge on any atom is 0.363 e. The van der Waals surface area contributed by atoms with Gasteiger partial charge in [0.05, 0.1) is 0 Å². The van der Waals surface area contributed by atoms with E-state index in [1.165, 1.54) is 19.1 Å². The zero-order chi connectivity index (χ0) is 22.5. The first-order valence-corrected chi connectivity index (χ1v) is 9.84. The van der Waals surface area contributed by atoms with Gasteiger partial charge in [0.25, 0.3) is 0 Å². The van der Waals surface area contributed by atoms with Gasteiger partial charge in [0.1, 0.15) is 18.2 Å². The van der Waals surface area contributed by atoms with E-state index in [2.05, 4.69) is 10.3 Å². The first kappa shape index (κ1) is 21.0. The fourth-order valence-electron chi connectivity index (χ4n) is 3.04. The summed E-state index contributed by atoms with van der Waals surface area (Å²) >= 11 is 0. The number of hydrogen-bond donors (Lipinski definition) is 1. The maximum absolute atomic E-state index is 13.2. The second-order valence-electron chi connectivity index (χ2n) is 7.08. The molecule has 1 amide bonds. The van der Waals surface area contributed by atoms with Crippen LogP contribution in [0.3, 0.4) is 0 Å². The quantitative estimate of drug-likeness (QED) is 0.454. The van der Waals surface area contributed by atoms with Crippen molar-refractivity contribution in [2.24, 2.45) is 4.99 Å². The standard InChI is InChI=1S/C25H19FN2O4/c1-16(29)27-21-9-7-19(8-10-21)24-28-23(25(30)32-24)14-17-5-11-22(12-6-17)31-15-18-3-2-4-20(26)13-18/h2-14H,15H2,1H3,(H,27,29)/b23-14-. The van der Waals surface area contributed by atoms with Crippen LogP contribution in [0.1, 0.15) is 23.6 Å². The minimum Gasteiger partial charge on any atom is -0.489 e. The van der Waals surface area contributed by atoms with Crippen LogP contribution < -0.4 is 10.1 Å². The lowest BCUT2D eigenvalue weighted by Gasteiger charge is -2.06. The van der Waals surface area contributed by atoms with E-state index < -0.39 is 5.97 Å². The van der Waals surface area contributed by atoms with E-state index in [-0.39, 0.29) is 29.9 Å². The summed E-state index contributed by atoms with van der Waals surface area (Å²) in [5, 5.41) is 2.67. The van der Waals surface area contributed by atoms with E-state index in [0.29, 0.717) is 17.0 Å². The van der Waals surface area contributed by atoms with Crippen LogP contribution in [0, 0.1) is 5.82 Å². The van der Waals surface area contributed by atoms with Gasteiger partial charge in [0, 0.05) is 18.2 Å². The van der Waals surface area contributed by atoms with Crippen LogP contribution in [0.25, 0.3) is 6.08 Å². The number of carbonyl (C=O) groups is 2. The van der Waals surface area contributed by atoms with Crippen LogP contribution in [0.15, 0.2) is 83.5 Å². The fourth-order valence-corrected chi connectivity index (χ4v) is 3.04. The second kappa shape index (κ2) is 9.26. The Morgan fingerprint density at radius 3 is 2.53 bits per heavy atom. The largest absolute Gasteiger partial charge is 0.489 e. The van der Waals surface area contributed by atoms with Crippen molar-refractivity contribution in [3.8, 4) is 5.75 Å². The highest BCUT2D eigenvalue weighted by Crippen LogP contribution is 2.22. The molecule has 4 rings (SSSR count). The van der Waals surface area contributed by atoms with Crippen molar-refractivity contribution in [2.75, 3.05) is 5.32 Å². The molecule has 0 bridgehead atoms. The van der Waals surface area contributed by atoms with E-state index in [4.69, 9.17) is 9.47 Å². The minimum atomic E-state index is -0.544. The summed E-state index contributed by atoms with van der Waals surface area (Å²) in [6.07, 6.45) is 1.62. The molecule has 0 radical (unpaired) electrons. The molecule has 0 saturated heterocycles. The van der Waals surface area contributed by atoms with E-state index in [1.807, 2.05) is 0 Å². The number of nitrogens with one attached hydrogen (secondary N) is 1. The Hall–Kier alpha value is -4.26. The van der Waals surface area contributed by atoms with Crippen molar-refractivity contribution in [1.29, 1.82) is 0 Å². The van der Waals surface area contributed by atoms with Crippen molar-refractivity contribution in [2.45, 2.75) is 13.5 Å². The molecule has 6 nitrogen and oxygen atoms in total. The Kier molecular flexibility index (Phi) is 6.07. The van der Waals surface area contributed by atoms with Crippen LogP contribution in [0.4, 0.5) is 10.1 Å². The van der Waals surface area contributed by atoms with E-state index in [1.54, 1.807) is 66.7 Å². The monoisotopic (exact) mass is 430 g/mol. The molecule has 0 aromatic heterocycles. The predicted molar refractivity (Wildman–Crippen MR) is 119 cm³/mol. The van der Waals surface area contributed by atoms with Crippen molar-refractivity contribution >= 4 is 29.5 Å². The summed E-state index contributed by atoms with van der Waals surface area (Å²) in [7, 11) is 0. The number of esters is 1. The SMILES string of the molecule is CC(=O)Nc1ccc(C2=N/C(=C\c3ccc(OCc4cccc(F)c4)cc3)C(=O)O2)cc1. The highest BCUT2D eigenvalue weighted by Gasteiger charge is 2.24. The summed E-state index contributed by atoms with van der Waals surface area (Å²) in [6, 6.07) is 20.2. The molecule has 0 saturated carbocycles. The number of carbonyl (C=O) groups excluding carboxylic acids is 2. The zero-order valence-corrected chi connectivity index (χ0v) is 17.2. The number of amides is 1. The molecule has 1 heterocycles. The van der Waals surface area contributed by atoms with Crippen LogP contribution in [0.2, 0.25) is 0 Å². The Labute approximate surface area is 184 Å². The molecule has 1 aliphatic rings. The lowest BCUT2D eigenvalue weighted by atomic mass is 10.2. The highest BCUT2D eigenvalue weighted by atomic mass is 19.1. The number of aliphatic imine (C=N–C) groups is 1. The van der Waals surface area contributed by atoms with Crippen molar-refractivity contribution in [1.82, 2.24) is 0 Å². The summed E-state index contributed by atoms with van der Waals surface area (Å²) in [6.45, 7) is 1.68. The number of cyclic esters (lactones) is 1. The molecule has 1 N–H and O–H groups in total. The Bertz CT molecular complexity index is 1220. The van der Waals surface area contributed by atoms with Crippen molar-refractivity contribution < 1.29 is 23.5 Å². The lowest BCUT2D eigenvalue weighted by molar-refractivity contribution is -0.129. The molecular weight excluding hydrogens is 411 g/mol. The molecule has 0 spiro atoms. The van der Waals surface area contributed by atoms with Crippen LogP contribution in [0.5, 0.6) is 5.75 Å². The summed E-state index contributed by atoms with van der Waals surface area (Å²) in [4.78, 5) is 27.6. The molecule has 0 atom stereocenters. The number of nitrogens with zero attached hydrogens (tertiary/aromatic N) is 1. The normalized spacial score (nSPS) is 14.1. The number of halogens is 1. The number of ether oxygens (including phenoxy) is 2. The fraction of sp³-hybridized carbons (Fsp3) is 0.0800. The van der Waals surface area contributed by atoms with Crippen molar-refractivity contribution in [3.05, 3.63) is 101 Å². The van der Waals surface area contributed by atoms with E-state index >= 15 is 0 Å². The van der Waals surface area contributed by atoms with Crippen LogP contribution >= 0.6 is 0 Å². The third-order valence-electron chi connectivity index (χ3n) is 4.55.